The number of carbonyl (C=O) groups excluding carboxylic acids is 1. The second-order valence-corrected chi connectivity index (χ2v) is 16.2. The number of hydrogen-bond donors (Lipinski definition) is 0. The summed E-state index contributed by atoms with van der Waals surface area (Å²) in [4.78, 5) is 17.4. The molecule has 0 N–H and O–H groups in total. The smallest absolute Gasteiger partial charge is 0.361 e. The van der Waals surface area contributed by atoms with Crippen molar-refractivity contribution < 1.29 is 39.6 Å². The molecule has 2 aliphatic rings. The zero-order valence-electron chi connectivity index (χ0n) is 22.4. The summed E-state index contributed by atoms with van der Waals surface area (Å²) in [6.45, 7) is 0. The fourth-order valence-electron chi connectivity index (χ4n) is 5.08. The summed E-state index contributed by atoms with van der Waals surface area (Å²) < 4.78 is 73.0. The van der Waals surface area contributed by atoms with E-state index in [1.165, 1.54) is 18.2 Å². The number of hydrogen-bond acceptors (Lipinski definition) is 7. The highest BCUT2D eigenvalue weighted by Crippen LogP contribution is 2.30. The standard InChI is InChI=1S/C14H10N2O3S.C13H22N2O4S2/c15-16-10-20(18,19)13-9-5-4-8-12(13)14(17)11-6-2-1-3-7-11;14-15-13(20(16,17)11-7-3-1-4-8-11)21(18,19)12-9-5-2-6-10-12/h1-10H;11-12H,1-10H2. The van der Waals surface area contributed by atoms with Crippen molar-refractivity contribution in [2.45, 2.75) is 79.6 Å². The number of ketones is 1. The molecule has 220 valence electrons. The summed E-state index contributed by atoms with van der Waals surface area (Å²) in [7, 11) is -12.1. The Morgan fingerprint density at radius 3 is 1.61 bits per heavy atom. The minimum absolute atomic E-state index is 0.0404. The Labute approximate surface area is 240 Å². The van der Waals surface area contributed by atoms with E-state index < -0.39 is 50.2 Å². The molecule has 4 rings (SSSR count). The quantitative estimate of drug-likeness (QED) is 0.153. The largest absolute Gasteiger partial charge is 0.495 e. The van der Waals surface area contributed by atoms with Crippen molar-refractivity contribution in [2.75, 3.05) is 0 Å². The van der Waals surface area contributed by atoms with Crippen LogP contribution < -0.4 is 0 Å². The van der Waals surface area contributed by atoms with Crippen LogP contribution in [-0.2, 0) is 29.5 Å². The molecule has 0 aromatic heterocycles. The Balaban J connectivity index is 0.000000226. The average Bonchev–Trinajstić information content (AvgIpc) is 2.98. The van der Waals surface area contributed by atoms with Gasteiger partial charge in [-0.05, 0) is 37.8 Å². The molecule has 0 radical (unpaired) electrons. The molecule has 14 heteroatoms. The monoisotopic (exact) mass is 620 g/mol. The van der Waals surface area contributed by atoms with Gasteiger partial charge in [-0.15, -0.1) is 4.79 Å². The first-order valence-corrected chi connectivity index (χ1v) is 17.9. The number of benzene rings is 2. The second kappa shape index (κ2) is 14.1. The SMILES string of the molecule is [N-]=[N+]=C(S(=O)(=O)C1CCCCC1)S(=O)(=O)C1CCCCC1.[N-]=[N+]=CS(=O)(=O)c1ccccc1C(=O)c1ccccc1. The Morgan fingerprint density at radius 1 is 0.683 bits per heavy atom. The molecule has 0 aliphatic heterocycles. The van der Waals surface area contributed by atoms with Gasteiger partial charge < -0.3 is 11.1 Å². The van der Waals surface area contributed by atoms with Crippen molar-refractivity contribution in [3.8, 4) is 0 Å². The van der Waals surface area contributed by atoms with E-state index in [4.69, 9.17) is 11.1 Å². The van der Waals surface area contributed by atoms with Crippen LogP contribution in [0.4, 0.5) is 0 Å². The van der Waals surface area contributed by atoms with Gasteiger partial charge in [-0.1, -0.05) is 81.0 Å². The summed E-state index contributed by atoms with van der Waals surface area (Å²) in [6, 6.07) is 14.2. The van der Waals surface area contributed by atoms with Gasteiger partial charge in [0, 0.05) is 11.1 Å². The van der Waals surface area contributed by atoms with E-state index in [-0.39, 0.29) is 10.5 Å². The van der Waals surface area contributed by atoms with Gasteiger partial charge in [0.25, 0.3) is 29.5 Å². The topological polar surface area (TPSA) is 192 Å². The highest BCUT2D eigenvalue weighted by atomic mass is 32.3. The zero-order valence-corrected chi connectivity index (χ0v) is 24.8. The van der Waals surface area contributed by atoms with Crippen molar-refractivity contribution in [3.63, 3.8) is 0 Å². The van der Waals surface area contributed by atoms with Gasteiger partial charge in [-0.2, -0.15) is 4.79 Å². The third-order valence-electron chi connectivity index (χ3n) is 7.21. The van der Waals surface area contributed by atoms with Crippen LogP contribution in [0.3, 0.4) is 0 Å². The van der Waals surface area contributed by atoms with Crippen molar-refractivity contribution in [2.24, 2.45) is 0 Å². The van der Waals surface area contributed by atoms with Crippen molar-refractivity contribution in [1.29, 1.82) is 0 Å². The Hall–Kier alpha value is -3.28. The third kappa shape index (κ3) is 7.72. The Morgan fingerprint density at radius 2 is 1.15 bits per heavy atom. The van der Waals surface area contributed by atoms with Gasteiger partial charge in [0.05, 0.1) is 15.4 Å². The molecule has 41 heavy (non-hydrogen) atoms. The highest BCUT2D eigenvalue weighted by molar-refractivity contribution is 8.31. The van der Waals surface area contributed by atoms with Crippen LogP contribution in [0.25, 0.3) is 11.1 Å². The summed E-state index contributed by atoms with van der Waals surface area (Å²) in [6.07, 6.45) is 6.79. The minimum Gasteiger partial charge on any atom is -0.361 e. The summed E-state index contributed by atoms with van der Waals surface area (Å²) in [5.74, 6) is -0.406. The summed E-state index contributed by atoms with van der Waals surface area (Å²) in [5.41, 5.74) is 18.3. The number of nitrogens with zero attached hydrogens (tertiary/aromatic N) is 4. The first-order valence-electron chi connectivity index (χ1n) is 13.3. The maximum atomic E-state index is 12.5. The van der Waals surface area contributed by atoms with Crippen LogP contribution in [0.2, 0.25) is 0 Å². The molecular weight excluding hydrogens is 589 g/mol. The van der Waals surface area contributed by atoms with E-state index in [1.54, 1.807) is 36.4 Å². The molecule has 0 saturated heterocycles. The number of rotatable bonds is 6. The van der Waals surface area contributed by atoms with E-state index in [9.17, 15) is 30.0 Å². The molecule has 2 aromatic rings. The van der Waals surface area contributed by atoms with E-state index in [0.717, 1.165) is 38.5 Å². The van der Waals surface area contributed by atoms with Gasteiger partial charge in [-0.25, -0.2) is 25.3 Å². The summed E-state index contributed by atoms with van der Waals surface area (Å²) >= 11 is 0. The maximum absolute atomic E-state index is 12.5. The molecule has 2 aromatic carbocycles. The van der Waals surface area contributed by atoms with Crippen LogP contribution in [0.1, 0.15) is 80.1 Å². The lowest BCUT2D eigenvalue weighted by molar-refractivity contribution is 0.00356. The van der Waals surface area contributed by atoms with Gasteiger partial charge in [0.15, 0.2) is 5.78 Å². The molecule has 2 saturated carbocycles. The number of carbonyl (C=O) groups is 1. The molecular formula is C27H32N4O7S3. The molecule has 0 bridgehead atoms. The minimum atomic E-state index is -4.07. The van der Waals surface area contributed by atoms with E-state index in [2.05, 4.69) is 9.58 Å². The molecule has 2 fully saturated rings. The van der Waals surface area contributed by atoms with Crippen LogP contribution in [0.5, 0.6) is 0 Å². The summed E-state index contributed by atoms with van der Waals surface area (Å²) in [5, 5.41) is -1.45. The van der Waals surface area contributed by atoms with Gasteiger partial charge in [0.1, 0.15) is 0 Å². The molecule has 0 spiro atoms. The lowest BCUT2D eigenvalue weighted by atomic mass is 10.0. The highest BCUT2D eigenvalue weighted by Gasteiger charge is 2.49. The predicted octanol–water partition coefficient (Wildman–Crippen LogP) is 4.02. The predicted molar refractivity (Wildman–Crippen MR) is 153 cm³/mol. The normalized spacial score (nSPS) is 16.8. The van der Waals surface area contributed by atoms with Crippen molar-refractivity contribution >= 4 is 45.2 Å². The maximum Gasteiger partial charge on any atom is 0.495 e. The molecule has 0 unspecified atom stereocenters. The Kier molecular flexibility index (Phi) is 11.1. The Bertz CT molecular complexity index is 1610. The van der Waals surface area contributed by atoms with Gasteiger partial charge in [0.2, 0.25) is 0 Å². The molecule has 0 amide bonds. The van der Waals surface area contributed by atoms with Gasteiger partial charge >= 0.3 is 9.92 Å². The van der Waals surface area contributed by atoms with Crippen molar-refractivity contribution in [1.82, 2.24) is 0 Å². The lowest BCUT2D eigenvalue weighted by Crippen LogP contribution is -2.40. The fraction of sp³-hybridized carbons (Fsp3) is 0.444. The molecule has 0 heterocycles. The zero-order chi connectivity index (χ0) is 30.1. The van der Waals surface area contributed by atoms with Gasteiger partial charge in [-0.3, -0.25) is 4.79 Å². The molecule has 2 aliphatic carbocycles. The molecule has 11 nitrogen and oxygen atoms in total. The van der Waals surface area contributed by atoms with E-state index in [1.807, 2.05) is 0 Å². The van der Waals surface area contributed by atoms with Crippen LogP contribution in [-0.4, -0.2) is 61.0 Å². The first kappa shape index (κ1) is 32.2. The third-order valence-corrected chi connectivity index (χ3v) is 13.8. The fourth-order valence-corrected chi connectivity index (χ4v) is 10.9. The van der Waals surface area contributed by atoms with Crippen LogP contribution in [0, 0.1) is 0 Å². The number of sulfone groups is 3. The van der Waals surface area contributed by atoms with Crippen LogP contribution in [0.15, 0.2) is 59.5 Å². The average molecular weight is 621 g/mol. The first-order chi connectivity index (χ1) is 19.5. The van der Waals surface area contributed by atoms with E-state index in [0.29, 0.717) is 36.8 Å². The van der Waals surface area contributed by atoms with E-state index >= 15 is 0 Å². The lowest BCUT2D eigenvalue weighted by Gasteiger charge is -2.22. The second-order valence-electron chi connectivity index (χ2n) is 9.93. The van der Waals surface area contributed by atoms with Crippen LogP contribution >= 0.6 is 0 Å². The van der Waals surface area contributed by atoms with Crippen molar-refractivity contribution in [3.05, 3.63) is 76.8 Å². The molecule has 0 atom stereocenters.